The number of rotatable bonds is 8. The molecule has 0 spiro atoms. The summed E-state index contributed by atoms with van der Waals surface area (Å²) in [5.74, 6) is 0.779. The number of hydrogen-bond donors (Lipinski definition) is 1. The van der Waals surface area contributed by atoms with Gasteiger partial charge in [0.05, 0.1) is 0 Å². The third-order valence-electron chi connectivity index (χ3n) is 4.64. The Morgan fingerprint density at radius 1 is 1.23 bits per heavy atom. The fourth-order valence-corrected chi connectivity index (χ4v) is 3.14. The Hall–Kier alpha value is -2.40. The first-order valence-electron chi connectivity index (χ1n) is 9.08. The van der Waals surface area contributed by atoms with E-state index in [1.165, 1.54) is 6.07 Å². The predicted molar refractivity (Wildman–Crippen MR) is 99.4 cm³/mol. The Morgan fingerprint density at radius 3 is 2.81 bits per heavy atom. The van der Waals surface area contributed by atoms with Gasteiger partial charge in [-0.1, -0.05) is 30.3 Å². The van der Waals surface area contributed by atoms with Crippen molar-refractivity contribution in [2.75, 3.05) is 19.6 Å². The van der Waals surface area contributed by atoms with E-state index in [1.54, 1.807) is 18.2 Å². The Bertz CT molecular complexity index is 763. The zero-order chi connectivity index (χ0) is 18.4. The number of nitrogens with zero attached hydrogens (tertiary/aromatic N) is 1. The van der Waals surface area contributed by atoms with Gasteiger partial charge >= 0.3 is 0 Å². The molecule has 3 rings (SSSR count). The quantitative estimate of drug-likeness (QED) is 0.737. The molecular weight excluding hydrogens is 331 g/mol. The molecule has 0 aromatic heterocycles. The molecule has 1 aliphatic rings. The molecule has 0 radical (unpaired) electrons. The van der Waals surface area contributed by atoms with Crippen LogP contribution in [0, 0.1) is 12.7 Å². The number of aryl methyl sites for hydroxylation is 1. The lowest BCUT2D eigenvalue weighted by Gasteiger charge is -2.16. The van der Waals surface area contributed by atoms with Gasteiger partial charge in [0.25, 0.3) is 0 Å². The Morgan fingerprint density at radius 2 is 2.08 bits per heavy atom. The molecule has 5 heteroatoms. The Balaban J connectivity index is 1.46. The summed E-state index contributed by atoms with van der Waals surface area (Å²) in [6, 6.07) is 12.7. The number of carbonyl (C=O) groups is 1. The highest BCUT2D eigenvalue weighted by Gasteiger charge is 2.18. The van der Waals surface area contributed by atoms with E-state index in [4.69, 9.17) is 4.74 Å². The second-order valence-corrected chi connectivity index (χ2v) is 6.64. The number of nitrogens with one attached hydrogen (secondary N) is 1. The largest absolute Gasteiger partial charge is 0.489 e. The van der Waals surface area contributed by atoms with E-state index in [1.807, 2.05) is 24.0 Å². The molecule has 138 valence electrons. The van der Waals surface area contributed by atoms with E-state index >= 15 is 0 Å². The molecule has 0 saturated carbocycles. The lowest BCUT2D eigenvalue weighted by molar-refractivity contribution is -0.127. The van der Waals surface area contributed by atoms with Crippen molar-refractivity contribution in [2.45, 2.75) is 32.9 Å². The van der Waals surface area contributed by atoms with Crippen LogP contribution in [-0.4, -0.2) is 30.4 Å². The third kappa shape index (κ3) is 4.82. The zero-order valence-corrected chi connectivity index (χ0v) is 15.1. The van der Waals surface area contributed by atoms with Gasteiger partial charge in [0.1, 0.15) is 18.2 Å². The minimum absolute atomic E-state index is 0.217. The van der Waals surface area contributed by atoms with Gasteiger partial charge in [-0.3, -0.25) is 4.79 Å². The summed E-state index contributed by atoms with van der Waals surface area (Å²) in [4.78, 5) is 13.5. The normalized spacial score (nSPS) is 14.1. The van der Waals surface area contributed by atoms with Gasteiger partial charge in [-0.05, 0) is 36.6 Å². The van der Waals surface area contributed by atoms with Crippen LogP contribution >= 0.6 is 0 Å². The van der Waals surface area contributed by atoms with Crippen molar-refractivity contribution in [1.29, 1.82) is 0 Å². The van der Waals surface area contributed by atoms with Crippen molar-refractivity contribution in [1.82, 2.24) is 10.2 Å². The zero-order valence-electron chi connectivity index (χ0n) is 15.1. The van der Waals surface area contributed by atoms with E-state index in [0.717, 1.165) is 49.5 Å². The first-order chi connectivity index (χ1) is 12.6. The molecule has 2 aromatic carbocycles. The highest BCUT2D eigenvalue weighted by atomic mass is 19.1. The number of benzene rings is 2. The highest BCUT2D eigenvalue weighted by molar-refractivity contribution is 5.78. The lowest BCUT2D eigenvalue weighted by Crippen LogP contribution is -2.32. The molecule has 0 unspecified atom stereocenters. The standard InChI is InChI=1S/C21H25FN2O2/c1-16-13-17(14-23-10-12-24-11-4-7-21(24)25)8-9-20(16)26-15-18-5-2-3-6-19(18)22/h2-3,5-6,8-9,13,23H,4,7,10-12,14-15H2,1H3. The van der Waals surface area contributed by atoms with Crippen molar-refractivity contribution in [2.24, 2.45) is 0 Å². The molecule has 1 heterocycles. The van der Waals surface area contributed by atoms with E-state index < -0.39 is 0 Å². The minimum Gasteiger partial charge on any atom is -0.489 e. The van der Waals surface area contributed by atoms with Crippen molar-refractivity contribution in [3.05, 3.63) is 65.0 Å². The molecule has 1 fully saturated rings. The lowest BCUT2D eigenvalue weighted by atomic mass is 10.1. The molecule has 2 aromatic rings. The van der Waals surface area contributed by atoms with Crippen LogP contribution in [0.4, 0.5) is 4.39 Å². The van der Waals surface area contributed by atoms with E-state index in [9.17, 15) is 9.18 Å². The summed E-state index contributed by atoms with van der Waals surface area (Å²) in [7, 11) is 0. The fraction of sp³-hybridized carbons (Fsp3) is 0.381. The molecule has 26 heavy (non-hydrogen) atoms. The van der Waals surface area contributed by atoms with Crippen LogP contribution in [0.1, 0.15) is 29.5 Å². The summed E-state index contributed by atoms with van der Waals surface area (Å²) in [6.45, 7) is 5.39. The van der Waals surface area contributed by atoms with Gasteiger partial charge in [-0.25, -0.2) is 4.39 Å². The predicted octanol–water partition coefficient (Wildman–Crippen LogP) is 3.43. The fourth-order valence-electron chi connectivity index (χ4n) is 3.14. The number of halogens is 1. The first-order valence-corrected chi connectivity index (χ1v) is 9.08. The van der Waals surface area contributed by atoms with Crippen molar-refractivity contribution in [3.8, 4) is 5.75 Å². The van der Waals surface area contributed by atoms with Gasteiger partial charge in [0.15, 0.2) is 0 Å². The monoisotopic (exact) mass is 356 g/mol. The molecule has 1 aliphatic heterocycles. The smallest absolute Gasteiger partial charge is 0.222 e. The molecule has 1 saturated heterocycles. The van der Waals surface area contributed by atoms with E-state index in [0.29, 0.717) is 12.0 Å². The van der Waals surface area contributed by atoms with Gasteiger partial charge in [0, 0.05) is 38.2 Å². The minimum atomic E-state index is -0.248. The van der Waals surface area contributed by atoms with Crippen LogP contribution in [0.3, 0.4) is 0 Å². The molecule has 1 amide bonds. The average Bonchev–Trinajstić information content (AvgIpc) is 3.04. The van der Waals surface area contributed by atoms with Gasteiger partial charge in [-0.2, -0.15) is 0 Å². The maximum absolute atomic E-state index is 13.7. The average molecular weight is 356 g/mol. The van der Waals surface area contributed by atoms with Crippen molar-refractivity contribution < 1.29 is 13.9 Å². The molecule has 0 aliphatic carbocycles. The second-order valence-electron chi connectivity index (χ2n) is 6.64. The van der Waals surface area contributed by atoms with Gasteiger partial charge in [-0.15, -0.1) is 0 Å². The van der Waals surface area contributed by atoms with Crippen LogP contribution in [-0.2, 0) is 17.9 Å². The Kier molecular flexibility index (Phi) is 6.23. The first kappa shape index (κ1) is 18.4. The van der Waals surface area contributed by atoms with Crippen LogP contribution in [0.15, 0.2) is 42.5 Å². The van der Waals surface area contributed by atoms with Crippen molar-refractivity contribution >= 4 is 5.91 Å². The number of likely N-dealkylation sites (tertiary alicyclic amines) is 1. The number of carbonyl (C=O) groups excluding carboxylic acids is 1. The van der Waals surface area contributed by atoms with Gasteiger partial charge < -0.3 is 15.0 Å². The maximum Gasteiger partial charge on any atom is 0.222 e. The van der Waals surface area contributed by atoms with Crippen molar-refractivity contribution in [3.63, 3.8) is 0 Å². The molecule has 0 atom stereocenters. The molecular formula is C21H25FN2O2. The van der Waals surface area contributed by atoms with E-state index in [-0.39, 0.29) is 18.3 Å². The summed E-state index contributed by atoms with van der Waals surface area (Å²) in [6.07, 6.45) is 1.67. The highest BCUT2D eigenvalue weighted by Crippen LogP contribution is 2.21. The van der Waals surface area contributed by atoms with Crippen LogP contribution < -0.4 is 10.1 Å². The second kappa shape index (κ2) is 8.81. The van der Waals surface area contributed by atoms with Gasteiger partial charge in [0.2, 0.25) is 5.91 Å². The van der Waals surface area contributed by atoms with Crippen LogP contribution in [0.2, 0.25) is 0 Å². The summed E-state index contributed by atoms with van der Waals surface area (Å²) in [5, 5.41) is 3.38. The molecule has 1 N–H and O–H groups in total. The summed E-state index contributed by atoms with van der Waals surface area (Å²) < 4.78 is 19.4. The Labute approximate surface area is 154 Å². The van der Waals surface area contributed by atoms with E-state index in [2.05, 4.69) is 11.4 Å². The number of amides is 1. The third-order valence-corrected chi connectivity index (χ3v) is 4.64. The number of hydrogen-bond acceptors (Lipinski definition) is 3. The summed E-state index contributed by atoms with van der Waals surface area (Å²) in [5.41, 5.74) is 2.73. The van der Waals surface area contributed by atoms with Crippen LogP contribution in [0.5, 0.6) is 5.75 Å². The number of ether oxygens (including phenoxy) is 1. The maximum atomic E-state index is 13.7. The van der Waals surface area contributed by atoms with Crippen LogP contribution in [0.25, 0.3) is 0 Å². The topological polar surface area (TPSA) is 41.6 Å². The SMILES string of the molecule is Cc1cc(CNCCN2CCCC2=O)ccc1OCc1ccccc1F. The summed E-state index contributed by atoms with van der Waals surface area (Å²) >= 11 is 0. The molecule has 4 nitrogen and oxygen atoms in total. The molecule has 0 bridgehead atoms.